The first kappa shape index (κ1) is 17.8. The lowest BCUT2D eigenvalue weighted by Gasteiger charge is -2.13. The summed E-state index contributed by atoms with van der Waals surface area (Å²) in [6.07, 6.45) is 1.62. The molecule has 0 saturated heterocycles. The Labute approximate surface area is 135 Å². The van der Waals surface area contributed by atoms with Gasteiger partial charge in [-0.3, -0.25) is 9.59 Å². The lowest BCUT2D eigenvalue weighted by Crippen LogP contribution is -2.37. The molecule has 4 nitrogen and oxygen atoms in total. The number of nitrogens with one attached hydrogen (secondary N) is 2. The molecule has 1 aromatic rings. The molecule has 0 radical (unpaired) electrons. The predicted octanol–water partition coefficient (Wildman–Crippen LogP) is 3.28. The highest BCUT2D eigenvalue weighted by molar-refractivity contribution is 6.35. The van der Waals surface area contributed by atoms with Crippen LogP contribution in [-0.4, -0.2) is 24.9 Å². The molecular weight excluding hydrogens is 311 g/mol. The molecule has 0 spiro atoms. The Morgan fingerprint density at radius 1 is 1.10 bits per heavy atom. The molecule has 0 saturated carbocycles. The molecule has 0 bridgehead atoms. The molecule has 0 heterocycles. The third-order valence-electron chi connectivity index (χ3n) is 3.24. The van der Waals surface area contributed by atoms with Crippen molar-refractivity contribution in [2.75, 3.05) is 13.1 Å². The van der Waals surface area contributed by atoms with Gasteiger partial charge in [0.25, 0.3) is 5.91 Å². The van der Waals surface area contributed by atoms with E-state index in [2.05, 4.69) is 10.6 Å². The molecule has 0 fully saturated rings. The van der Waals surface area contributed by atoms with E-state index >= 15 is 0 Å². The van der Waals surface area contributed by atoms with Crippen molar-refractivity contribution in [1.82, 2.24) is 10.6 Å². The van der Waals surface area contributed by atoms with Gasteiger partial charge in [0.05, 0.1) is 10.6 Å². The van der Waals surface area contributed by atoms with Crippen molar-refractivity contribution >= 4 is 35.0 Å². The van der Waals surface area contributed by atoms with E-state index in [1.165, 1.54) is 6.07 Å². The Balaban J connectivity index is 2.41. The number of benzene rings is 1. The van der Waals surface area contributed by atoms with Crippen molar-refractivity contribution in [2.24, 2.45) is 5.92 Å². The van der Waals surface area contributed by atoms with Gasteiger partial charge < -0.3 is 10.6 Å². The molecule has 1 rings (SSSR count). The number of carbonyl (C=O) groups is 2. The van der Waals surface area contributed by atoms with Crippen LogP contribution in [0.1, 0.15) is 37.0 Å². The highest BCUT2D eigenvalue weighted by atomic mass is 35.5. The molecule has 1 aromatic carbocycles. The molecule has 0 atom stereocenters. The minimum atomic E-state index is -0.306. The summed E-state index contributed by atoms with van der Waals surface area (Å²) in [4.78, 5) is 23.7. The third-order valence-corrected chi connectivity index (χ3v) is 3.80. The summed E-state index contributed by atoms with van der Waals surface area (Å²) in [5, 5.41) is 6.30. The van der Waals surface area contributed by atoms with E-state index < -0.39 is 0 Å². The summed E-state index contributed by atoms with van der Waals surface area (Å²) < 4.78 is 0. The smallest absolute Gasteiger partial charge is 0.252 e. The van der Waals surface area contributed by atoms with Crippen LogP contribution in [0.5, 0.6) is 0 Å². The van der Waals surface area contributed by atoms with Crippen LogP contribution >= 0.6 is 23.2 Å². The summed E-state index contributed by atoms with van der Waals surface area (Å²) in [5.41, 5.74) is 0.329. The average Bonchev–Trinajstić information content (AvgIpc) is 2.47. The number of hydrogen-bond acceptors (Lipinski definition) is 2. The summed E-state index contributed by atoms with van der Waals surface area (Å²) in [5.74, 6) is -0.252. The number of halogens is 2. The zero-order valence-electron chi connectivity index (χ0n) is 12.2. The van der Waals surface area contributed by atoms with E-state index in [9.17, 15) is 9.59 Å². The van der Waals surface area contributed by atoms with Crippen LogP contribution in [0.2, 0.25) is 10.0 Å². The Morgan fingerprint density at radius 3 is 2.33 bits per heavy atom. The zero-order chi connectivity index (χ0) is 15.8. The van der Waals surface area contributed by atoms with Crippen LogP contribution in [-0.2, 0) is 4.79 Å². The van der Waals surface area contributed by atoms with Gasteiger partial charge in [-0.05, 0) is 31.0 Å². The second-order valence-electron chi connectivity index (χ2n) is 4.68. The molecular formula is C15H20Cl2N2O2. The highest BCUT2D eigenvalue weighted by Gasteiger charge is 2.14. The quantitative estimate of drug-likeness (QED) is 0.754. The van der Waals surface area contributed by atoms with Crippen LogP contribution in [0.3, 0.4) is 0 Å². The molecule has 0 unspecified atom stereocenters. The van der Waals surface area contributed by atoms with Gasteiger partial charge in [-0.25, -0.2) is 0 Å². The zero-order valence-corrected chi connectivity index (χ0v) is 13.7. The number of rotatable bonds is 7. The molecule has 6 heteroatoms. The first-order valence-corrected chi connectivity index (χ1v) is 7.76. The standard InChI is InChI=1S/C15H20Cl2N2O2/c1-3-10(4-2)14(20)18-7-8-19-15(21)12-9-11(16)5-6-13(12)17/h5-6,9-10H,3-4,7-8H2,1-2H3,(H,18,20)(H,19,21). The Kier molecular flexibility index (Phi) is 7.54. The second kappa shape index (κ2) is 8.90. The van der Waals surface area contributed by atoms with Gasteiger partial charge in [0.15, 0.2) is 0 Å². The number of carbonyl (C=O) groups excluding carboxylic acids is 2. The molecule has 0 aliphatic rings. The van der Waals surface area contributed by atoms with Crippen LogP contribution < -0.4 is 10.6 Å². The maximum atomic E-state index is 11.9. The van der Waals surface area contributed by atoms with E-state index in [4.69, 9.17) is 23.2 Å². The van der Waals surface area contributed by atoms with Crippen LogP contribution in [0.15, 0.2) is 18.2 Å². The third kappa shape index (κ3) is 5.56. The van der Waals surface area contributed by atoms with E-state index in [-0.39, 0.29) is 17.7 Å². The van der Waals surface area contributed by atoms with Crippen molar-refractivity contribution in [2.45, 2.75) is 26.7 Å². The highest BCUT2D eigenvalue weighted by Crippen LogP contribution is 2.20. The van der Waals surface area contributed by atoms with Gasteiger partial charge >= 0.3 is 0 Å². The normalized spacial score (nSPS) is 10.5. The fourth-order valence-electron chi connectivity index (χ4n) is 1.93. The minimum absolute atomic E-state index is 0.0232. The fraction of sp³-hybridized carbons (Fsp3) is 0.467. The van der Waals surface area contributed by atoms with Crippen molar-refractivity contribution in [3.63, 3.8) is 0 Å². The van der Waals surface area contributed by atoms with E-state index in [0.29, 0.717) is 28.7 Å². The van der Waals surface area contributed by atoms with Gasteiger partial charge in [-0.15, -0.1) is 0 Å². The molecule has 2 N–H and O–H groups in total. The predicted molar refractivity (Wildman–Crippen MR) is 85.9 cm³/mol. The van der Waals surface area contributed by atoms with Gasteiger partial charge in [0.1, 0.15) is 0 Å². The molecule has 0 aliphatic heterocycles. The topological polar surface area (TPSA) is 58.2 Å². The lowest BCUT2D eigenvalue weighted by molar-refractivity contribution is -0.125. The van der Waals surface area contributed by atoms with Gasteiger partial charge in [-0.1, -0.05) is 37.0 Å². The number of amides is 2. The summed E-state index contributed by atoms with van der Waals surface area (Å²) in [7, 11) is 0. The summed E-state index contributed by atoms with van der Waals surface area (Å²) in [6, 6.07) is 4.71. The van der Waals surface area contributed by atoms with Crippen LogP contribution in [0.4, 0.5) is 0 Å². The van der Waals surface area contributed by atoms with Crippen molar-refractivity contribution in [3.8, 4) is 0 Å². The minimum Gasteiger partial charge on any atom is -0.354 e. The van der Waals surface area contributed by atoms with Crippen molar-refractivity contribution in [1.29, 1.82) is 0 Å². The second-order valence-corrected chi connectivity index (χ2v) is 5.53. The maximum absolute atomic E-state index is 11.9. The molecule has 0 aromatic heterocycles. The summed E-state index contributed by atoms with van der Waals surface area (Å²) in [6.45, 7) is 4.69. The molecule has 116 valence electrons. The Bertz CT molecular complexity index is 502. The lowest BCUT2D eigenvalue weighted by atomic mass is 10.0. The van der Waals surface area contributed by atoms with Crippen molar-refractivity contribution < 1.29 is 9.59 Å². The van der Waals surface area contributed by atoms with E-state index in [1.54, 1.807) is 12.1 Å². The largest absolute Gasteiger partial charge is 0.354 e. The first-order valence-electron chi connectivity index (χ1n) is 7.00. The SMILES string of the molecule is CCC(CC)C(=O)NCCNC(=O)c1cc(Cl)ccc1Cl. The summed E-state index contributed by atoms with van der Waals surface area (Å²) >= 11 is 11.8. The van der Waals surface area contributed by atoms with E-state index in [1.807, 2.05) is 13.8 Å². The average molecular weight is 331 g/mol. The van der Waals surface area contributed by atoms with Gasteiger partial charge in [0, 0.05) is 24.0 Å². The van der Waals surface area contributed by atoms with Gasteiger partial charge in [0.2, 0.25) is 5.91 Å². The Morgan fingerprint density at radius 2 is 1.71 bits per heavy atom. The van der Waals surface area contributed by atoms with Gasteiger partial charge in [-0.2, -0.15) is 0 Å². The van der Waals surface area contributed by atoms with Crippen LogP contribution in [0.25, 0.3) is 0 Å². The fourth-order valence-corrected chi connectivity index (χ4v) is 2.31. The van der Waals surface area contributed by atoms with E-state index in [0.717, 1.165) is 12.8 Å². The molecule has 21 heavy (non-hydrogen) atoms. The Hall–Kier alpha value is -1.26. The van der Waals surface area contributed by atoms with Crippen molar-refractivity contribution in [3.05, 3.63) is 33.8 Å². The van der Waals surface area contributed by atoms with Crippen LogP contribution in [0, 0.1) is 5.92 Å². The molecule has 0 aliphatic carbocycles. The number of hydrogen-bond donors (Lipinski definition) is 2. The monoisotopic (exact) mass is 330 g/mol. The molecule has 2 amide bonds. The maximum Gasteiger partial charge on any atom is 0.252 e. The first-order chi connectivity index (χ1) is 9.99.